The van der Waals surface area contributed by atoms with E-state index >= 15 is 0 Å². The second-order valence-corrected chi connectivity index (χ2v) is 5.66. The van der Waals surface area contributed by atoms with Crippen molar-refractivity contribution in [2.24, 2.45) is 0 Å². The number of carbonyl (C=O) groups excluding carboxylic acids is 1. The topological polar surface area (TPSA) is 35.5 Å². The number of ether oxygens (including phenoxy) is 2. The number of alkyl halides is 3. The monoisotopic (exact) mass is 408 g/mol. The van der Waals surface area contributed by atoms with E-state index in [0.29, 0.717) is 20.6 Å². The van der Waals surface area contributed by atoms with E-state index in [1.165, 1.54) is 37.4 Å². The van der Waals surface area contributed by atoms with Crippen molar-refractivity contribution in [2.75, 3.05) is 7.11 Å². The number of rotatable bonds is 3. The molecule has 0 saturated carbocycles. The van der Waals surface area contributed by atoms with Gasteiger partial charge in [-0.25, -0.2) is 4.79 Å². The Balaban J connectivity index is 2.58. The van der Waals surface area contributed by atoms with Gasteiger partial charge in [-0.15, -0.1) is 13.2 Å². The number of methoxy groups -OCH3 is 1. The number of benzene rings is 2. The van der Waals surface area contributed by atoms with Gasteiger partial charge in [0.1, 0.15) is 5.75 Å². The third-order valence-corrected chi connectivity index (χ3v) is 3.78. The maximum atomic E-state index is 12.4. The van der Waals surface area contributed by atoms with Crippen LogP contribution >= 0.6 is 27.5 Å². The smallest absolute Gasteiger partial charge is 0.465 e. The zero-order valence-electron chi connectivity index (χ0n) is 11.6. The summed E-state index contributed by atoms with van der Waals surface area (Å²) in [5.41, 5.74) is 0.828. The first-order valence-corrected chi connectivity index (χ1v) is 7.32. The predicted octanol–water partition coefficient (Wildman–Crippen LogP) is 5.45. The Morgan fingerprint density at radius 1 is 1.13 bits per heavy atom. The summed E-state index contributed by atoms with van der Waals surface area (Å²) < 4.78 is 46.2. The molecule has 0 unspecified atom stereocenters. The summed E-state index contributed by atoms with van der Waals surface area (Å²) >= 11 is 9.12. The highest BCUT2D eigenvalue weighted by molar-refractivity contribution is 9.10. The highest BCUT2D eigenvalue weighted by atomic mass is 79.9. The molecule has 8 heteroatoms. The first-order chi connectivity index (χ1) is 10.7. The number of hydrogen-bond donors (Lipinski definition) is 0. The largest absolute Gasteiger partial charge is 0.573 e. The molecule has 0 atom stereocenters. The van der Waals surface area contributed by atoms with Crippen LogP contribution in [0.4, 0.5) is 13.2 Å². The summed E-state index contributed by atoms with van der Waals surface area (Å²) in [6, 6.07) is 8.15. The van der Waals surface area contributed by atoms with E-state index in [9.17, 15) is 18.0 Å². The van der Waals surface area contributed by atoms with Crippen LogP contribution in [0.25, 0.3) is 11.1 Å². The van der Waals surface area contributed by atoms with E-state index in [0.717, 1.165) is 6.07 Å². The lowest BCUT2D eigenvalue weighted by Crippen LogP contribution is -2.17. The van der Waals surface area contributed by atoms with E-state index < -0.39 is 18.1 Å². The Morgan fingerprint density at radius 3 is 2.43 bits per heavy atom. The molecule has 0 fully saturated rings. The Labute approximate surface area is 143 Å². The minimum atomic E-state index is -4.81. The van der Waals surface area contributed by atoms with Crippen molar-refractivity contribution < 1.29 is 27.4 Å². The van der Waals surface area contributed by atoms with E-state index in [4.69, 9.17) is 11.6 Å². The molecule has 2 aromatic carbocycles. The first-order valence-electron chi connectivity index (χ1n) is 6.15. The van der Waals surface area contributed by atoms with Crippen LogP contribution in [0.3, 0.4) is 0 Å². The van der Waals surface area contributed by atoms with Crippen LogP contribution in [0, 0.1) is 0 Å². The summed E-state index contributed by atoms with van der Waals surface area (Å²) in [6.45, 7) is 0. The fourth-order valence-corrected chi connectivity index (χ4v) is 2.57. The molecule has 0 aliphatic rings. The lowest BCUT2D eigenvalue weighted by molar-refractivity contribution is -0.274. The average molecular weight is 410 g/mol. The molecule has 0 aromatic heterocycles. The van der Waals surface area contributed by atoms with Crippen LogP contribution in [-0.2, 0) is 4.74 Å². The van der Waals surface area contributed by atoms with E-state index in [2.05, 4.69) is 25.4 Å². The molecule has 0 bridgehead atoms. The fourth-order valence-electron chi connectivity index (χ4n) is 1.94. The maximum absolute atomic E-state index is 12.4. The third kappa shape index (κ3) is 4.39. The van der Waals surface area contributed by atoms with Crippen molar-refractivity contribution in [3.63, 3.8) is 0 Å². The standard InChI is InChI=1S/C15H9BrClF3O3/c1-22-14(21)12-6-8(17)2-4-10(12)11-7-9(3-5-13(11)16)23-15(18,19)20/h2-7H,1H3. The molecule has 122 valence electrons. The highest BCUT2D eigenvalue weighted by Crippen LogP contribution is 2.36. The van der Waals surface area contributed by atoms with Crippen molar-refractivity contribution in [1.82, 2.24) is 0 Å². The quantitative estimate of drug-likeness (QED) is 0.632. The van der Waals surface area contributed by atoms with Crippen LogP contribution in [-0.4, -0.2) is 19.4 Å². The normalized spacial score (nSPS) is 11.2. The molecular formula is C15H9BrClF3O3. The van der Waals surface area contributed by atoms with Crippen molar-refractivity contribution in [3.8, 4) is 16.9 Å². The minimum absolute atomic E-state index is 0.129. The summed E-state index contributed by atoms with van der Waals surface area (Å²) in [5.74, 6) is -1.06. The molecule has 0 aliphatic heterocycles. The van der Waals surface area contributed by atoms with E-state index in [1.807, 2.05) is 0 Å². The van der Waals surface area contributed by atoms with Crippen LogP contribution in [0.15, 0.2) is 40.9 Å². The molecule has 0 aliphatic carbocycles. The molecular weight excluding hydrogens is 401 g/mol. The van der Waals surface area contributed by atoms with Gasteiger partial charge in [-0.05, 0) is 35.9 Å². The Bertz CT molecular complexity index is 747. The summed E-state index contributed by atoms with van der Waals surface area (Å²) in [7, 11) is 1.20. The molecule has 2 rings (SSSR count). The Kier molecular flexibility index (Phi) is 5.21. The van der Waals surface area contributed by atoms with Crippen LogP contribution in [0.2, 0.25) is 5.02 Å². The predicted molar refractivity (Wildman–Crippen MR) is 82.6 cm³/mol. The molecule has 0 heterocycles. The van der Waals surface area contributed by atoms with Gasteiger partial charge in [0, 0.05) is 15.1 Å². The second kappa shape index (κ2) is 6.80. The van der Waals surface area contributed by atoms with Crippen molar-refractivity contribution in [3.05, 3.63) is 51.5 Å². The van der Waals surface area contributed by atoms with Crippen LogP contribution in [0.5, 0.6) is 5.75 Å². The van der Waals surface area contributed by atoms with Crippen molar-refractivity contribution >= 4 is 33.5 Å². The second-order valence-electron chi connectivity index (χ2n) is 4.37. The number of hydrogen-bond acceptors (Lipinski definition) is 3. The average Bonchev–Trinajstić information content (AvgIpc) is 2.47. The van der Waals surface area contributed by atoms with Gasteiger partial charge in [-0.2, -0.15) is 0 Å². The fraction of sp³-hybridized carbons (Fsp3) is 0.133. The highest BCUT2D eigenvalue weighted by Gasteiger charge is 2.31. The minimum Gasteiger partial charge on any atom is -0.465 e. The lowest BCUT2D eigenvalue weighted by Gasteiger charge is -2.14. The summed E-state index contributed by atoms with van der Waals surface area (Å²) in [6.07, 6.45) is -4.81. The SMILES string of the molecule is COC(=O)c1cc(Cl)ccc1-c1cc(OC(F)(F)F)ccc1Br. The zero-order chi connectivity index (χ0) is 17.2. The van der Waals surface area contributed by atoms with E-state index in [-0.39, 0.29) is 5.56 Å². The number of carbonyl (C=O) groups is 1. The van der Waals surface area contributed by atoms with E-state index in [1.54, 1.807) is 0 Å². The first kappa shape index (κ1) is 17.6. The van der Waals surface area contributed by atoms with Gasteiger partial charge in [0.25, 0.3) is 0 Å². The molecule has 0 radical (unpaired) electrons. The maximum Gasteiger partial charge on any atom is 0.573 e. The zero-order valence-corrected chi connectivity index (χ0v) is 13.9. The van der Waals surface area contributed by atoms with Crippen LogP contribution < -0.4 is 4.74 Å². The summed E-state index contributed by atoms with van der Waals surface area (Å²) in [5, 5.41) is 0.299. The number of esters is 1. The van der Waals surface area contributed by atoms with Gasteiger partial charge in [-0.1, -0.05) is 33.6 Å². The molecule has 0 amide bonds. The Hall–Kier alpha value is -1.73. The van der Waals surface area contributed by atoms with Crippen molar-refractivity contribution in [2.45, 2.75) is 6.36 Å². The van der Waals surface area contributed by atoms with Gasteiger partial charge in [0.05, 0.1) is 12.7 Å². The summed E-state index contributed by atoms with van der Waals surface area (Å²) in [4.78, 5) is 11.9. The molecule has 23 heavy (non-hydrogen) atoms. The van der Waals surface area contributed by atoms with Gasteiger partial charge in [-0.3, -0.25) is 0 Å². The third-order valence-electron chi connectivity index (χ3n) is 2.85. The van der Waals surface area contributed by atoms with Gasteiger partial charge in [0.15, 0.2) is 0 Å². The van der Waals surface area contributed by atoms with Gasteiger partial charge in [0.2, 0.25) is 0 Å². The molecule has 0 spiro atoms. The molecule has 2 aromatic rings. The Morgan fingerprint density at radius 2 is 1.83 bits per heavy atom. The molecule has 0 saturated heterocycles. The molecule has 3 nitrogen and oxygen atoms in total. The molecule has 0 N–H and O–H groups in total. The van der Waals surface area contributed by atoms with Gasteiger partial charge < -0.3 is 9.47 Å². The lowest BCUT2D eigenvalue weighted by atomic mass is 9.99. The van der Waals surface area contributed by atoms with Crippen molar-refractivity contribution in [1.29, 1.82) is 0 Å². The number of halogens is 5. The van der Waals surface area contributed by atoms with Crippen LogP contribution in [0.1, 0.15) is 10.4 Å². The van der Waals surface area contributed by atoms with Gasteiger partial charge >= 0.3 is 12.3 Å².